The van der Waals surface area contributed by atoms with Crippen molar-refractivity contribution in [1.82, 2.24) is 15.5 Å². The Morgan fingerprint density at radius 2 is 2.09 bits per heavy atom. The molecule has 0 saturated carbocycles. The predicted molar refractivity (Wildman–Crippen MR) is 82.9 cm³/mol. The van der Waals surface area contributed by atoms with Gasteiger partial charge >= 0.3 is 6.03 Å². The number of urea groups is 1. The van der Waals surface area contributed by atoms with Gasteiger partial charge in [-0.25, -0.2) is 13.6 Å². The van der Waals surface area contributed by atoms with E-state index in [0.29, 0.717) is 12.5 Å². The van der Waals surface area contributed by atoms with E-state index >= 15 is 0 Å². The number of aliphatic hydroxyl groups excluding tert-OH is 1. The molecule has 2 atom stereocenters. The number of halogens is 2. The molecule has 0 radical (unpaired) electrons. The molecule has 128 valence electrons. The number of benzene rings is 1. The maximum absolute atomic E-state index is 13.5. The van der Waals surface area contributed by atoms with Crippen LogP contribution in [0.2, 0.25) is 0 Å². The number of nitrogens with one attached hydrogen (secondary N) is 2. The van der Waals surface area contributed by atoms with E-state index in [1.54, 1.807) is 0 Å². The number of rotatable bonds is 5. The summed E-state index contributed by atoms with van der Waals surface area (Å²) in [6.07, 6.45) is 0.742. The van der Waals surface area contributed by atoms with Gasteiger partial charge in [0.1, 0.15) is 17.7 Å². The third kappa shape index (κ3) is 5.14. The number of hydrogen-bond donors (Lipinski definition) is 3. The number of carbonyl (C=O) groups is 1. The number of carbonyl (C=O) groups excluding carboxylic acids is 1. The molecule has 2 rings (SSSR count). The smallest absolute Gasteiger partial charge is 0.314 e. The first-order valence-corrected chi connectivity index (χ1v) is 7.79. The minimum Gasteiger partial charge on any atom is -0.386 e. The van der Waals surface area contributed by atoms with Gasteiger partial charge in [-0.1, -0.05) is 6.07 Å². The summed E-state index contributed by atoms with van der Waals surface area (Å²) in [5.41, 5.74) is -0.429. The maximum Gasteiger partial charge on any atom is 0.314 e. The van der Waals surface area contributed by atoms with E-state index in [9.17, 15) is 18.7 Å². The van der Waals surface area contributed by atoms with Crippen molar-refractivity contribution in [2.45, 2.75) is 18.9 Å². The molecule has 1 aromatic carbocycles. The summed E-state index contributed by atoms with van der Waals surface area (Å²) in [5.74, 6) is -1.26. The molecule has 0 bridgehead atoms. The summed E-state index contributed by atoms with van der Waals surface area (Å²) in [7, 11) is 2.05. The summed E-state index contributed by atoms with van der Waals surface area (Å²) in [5, 5.41) is 15.0. The Hall–Kier alpha value is -1.73. The van der Waals surface area contributed by atoms with Crippen molar-refractivity contribution in [3.63, 3.8) is 0 Å². The Morgan fingerprint density at radius 3 is 2.74 bits per heavy atom. The fourth-order valence-electron chi connectivity index (χ4n) is 2.86. The summed E-state index contributed by atoms with van der Waals surface area (Å²) in [6.45, 7) is 2.29. The van der Waals surface area contributed by atoms with Crippen molar-refractivity contribution in [3.8, 4) is 0 Å². The predicted octanol–water partition coefficient (Wildman–Crippen LogP) is 1.64. The van der Waals surface area contributed by atoms with Crippen molar-refractivity contribution in [2.24, 2.45) is 5.92 Å². The molecular weight excluding hydrogens is 304 g/mol. The normalized spacial score (nSPS) is 20.1. The highest BCUT2D eigenvalue weighted by molar-refractivity contribution is 5.73. The molecule has 1 aliphatic heterocycles. The second kappa shape index (κ2) is 8.21. The van der Waals surface area contributed by atoms with Gasteiger partial charge < -0.3 is 20.6 Å². The lowest BCUT2D eigenvalue weighted by molar-refractivity contribution is 0.163. The zero-order chi connectivity index (χ0) is 16.8. The SMILES string of the molecule is CN1CCCC(CNC(=O)NCC(O)c2c(F)cccc2F)C1. The number of likely N-dealkylation sites (tertiary alicyclic amines) is 1. The average molecular weight is 327 g/mol. The van der Waals surface area contributed by atoms with Crippen LogP contribution in [-0.4, -0.2) is 49.3 Å². The first-order chi connectivity index (χ1) is 11.0. The van der Waals surface area contributed by atoms with E-state index in [0.717, 1.165) is 38.1 Å². The summed E-state index contributed by atoms with van der Waals surface area (Å²) >= 11 is 0. The van der Waals surface area contributed by atoms with Crippen LogP contribution in [0.4, 0.5) is 13.6 Å². The number of nitrogens with zero attached hydrogens (tertiary/aromatic N) is 1. The molecular formula is C16H23F2N3O2. The highest BCUT2D eigenvalue weighted by Crippen LogP contribution is 2.19. The molecule has 1 aliphatic rings. The van der Waals surface area contributed by atoms with Gasteiger partial charge in [-0.3, -0.25) is 0 Å². The van der Waals surface area contributed by atoms with Crippen molar-refractivity contribution >= 4 is 6.03 Å². The van der Waals surface area contributed by atoms with Crippen LogP contribution in [0.5, 0.6) is 0 Å². The number of piperidine rings is 1. The van der Waals surface area contributed by atoms with Gasteiger partial charge in [-0.05, 0) is 44.5 Å². The van der Waals surface area contributed by atoms with Gasteiger partial charge in [-0.2, -0.15) is 0 Å². The molecule has 1 heterocycles. The minimum absolute atomic E-state index is 0.256. The number of hydrogen-bond acceptors (Lipinski definition) is 3. The molecule has 23 heavy (non-hydrogen) atoms. The van der Waals surface area contributed by atoms with E-state index in [2.05, 4.69) is 15.5 Å². The first kappa shape index (κ1) is 17.6. The van der Waals surface area contributed by atoms with Gasteiger partial charge in [-0.15, -0.1) is 0 Å². The van der Waals surface area contributed by atoms with Crippen LogP contribution >= 0.6 is 0 Å². The van der Waals surface area contributed by atoms with E-state index in [1.165, 1.54) is 6.07 Å². The summed E-state index contributed by atoms with van der Waals surface area (Å²) in [4.78, 5) is 14.0. The second-order valence-corrected chi connectivity index (χ2v) is 6.01. The molecule has 0 aliphatic carbocycles. The maximum atomic E-state index is 13.5. The van der Waals surface area contributed by atoms with E-state index in [1.807, 2.05) is 7.05 Å². The van der Waals surface area contributed by atoms with E-state index in [-0.39, 0.29) is 6.54 Å². The molecule has 3 N–H and O–H groups in total. The van der Waals surface area contributed by atoms with Gasteiger partial charge in [0.2, 0.25) is 0 Å². The van der Waals surface area contributed by atoms with Crippen LogP contribution in [0, 0.1) is 17.6 Å². The van der Waals surface area contributed by atoms with Crippen molar-refractivity contribution in [2.75, 3.05) is 33.2 Å². The summed E-state index contributed by atoms with van der Waals surface area (Å²) < 4.78 is 27.0. The largest absolute Gasteiger partial charge is 0.386 e. The fraction of sp³-hybridized carbons (Fsp3) is 0.562. The Balaban J connectivity index is 1.75. The molecule has 2 amide bonds. The van der Waals surface area contributed by atoms with Crippen LogP contribution < -0.4 is 10.6 Å². The number of amides is 2. The molecule has 1 saturated heterocycles. The average Bonchev–Trinajstić information content (AvgIpc) is 2.51. The Morgan fingerprint density at radius 1 is 1.39 bits per heavy atom. The van der Waals surface area contributed by atoms with E-state index in [4.69, 9.17) is 0 Å². The molecule has 0 spiro atoms. The Bertz CT molecular complexity index is 522. The van der Waals surface area contributed by atoms with Crippen LogP contribution in [0.1, 0.15) is 24.5 Å². The third-order valence-electron chi connectivity index (χ3n) is 4.06. The highest BCUT2D eigenvalue weighted by atomic mass is 19.1. The van der Waals surface area contributed by atoms with Crippen LogP contribution in [0.3, 0.4) is 0 Å². The lowest BCUT2D eigenvalue weighted by Gasteiger charge is -2.29. The molecule has 1 aromatic rings. The summed E-state index contributed by atoms with van der Waals surface area (Å²) in [6, 6.07) is 2.92. The number of aliphatic hydroxyl groups is 1. The molecule has 7 heteroatoms. The van der Waals surface area contributed by atoms with E-state index < -0.39 is 29.3 Å². The van der Waals surface area contributed by atoms with Crippen molar-refractivity contribution in [3.05, 3.63) is 35.4 Å². The molecule has 5 nitrogen and oxygen atoms in total. The monoisotopic (exact) mass is 327 g/mol. The van der Waals surface area contributed by atoms with Gasteiger partial charge in [0.15, 0.2) is 0 Å². The second-order valence-electron chi connectivity index (χ2n) is 6.01. The first-order valence-electron chi connectivity index (χ1n) is 7.79. The molecule has 0 aromatic heterocycles. The Labute approximate surface area is 134 Å². The van der Waals surface area contributed by atoms with Crippen molar-refractivity contribution in [1.29, 1.82) is 0 Å². The zero-order valence-electron chi connectivity index (χ0n) is 13.2. The van der Waals surface area contributed by atoms with Crippen LogP contribution in [0.25, 0.3) is 0 Å². The molecule has 2 unspecified atom stereocenters. The highest BCUT2D eigenvalue weighted by Gasteiger charge is 2.20. The van der Waals surface area contributed by atoms with Crippen LogP contribution in [0.15, 0.2) is 18.2 Å². The van der Waals surface area contributed by atoms with Crippen molar-refractivity contribution < 1.29 is 18.7 Å². The molecule has 1 fully saturated rings. The topological polar surface area (TPSA) is 64.6 Å². The fourth-order valence-corrected chi connectivity index (χ4v) is 2.86. The van der Waals surface area contributed by atoms with Gasteiger partial charge in [0.25, 0.3) is 0 Å². The van der Waals surface area contributed by atoms with Gasteiger partial charge in [0, 0.05) is 19.6 Å². The zero-order valence-corrected chi connectivity index (χ0v) is 13.2. The standard InChI is InChI=1S/C16H23F2N3O2/c1-21-7-3-4-11(10-21)8-19-16(23)20-9-14(22)15-12(17)5-2-6-13(15)18/h2,5-6,11,14,22H,3-4,7-10H2,1H3,(H2,19,20,23). The van der Waals surface area contributed by atoms with Crippen LogP contribution in [-0.2, 0) is 0 Å². The minimum atomic E-state index is -1.43. The van der Waals surface area contributed by atoms with Gasteiger partial charge in [0.05, 0.1) is 5.56 Å². The lowest BCUT2D eigenvalue weighted by Crippen LogP contribution is -2.43. The third-order valence-corrected chi connectivity index (χ3v) is 4.06. The Kier molecular flexibility index (Phi) is 6.29. The lowest BCUT2D eigenvalue weighted by atomic mass is 9.99. The quantitative estimate of drug-likeness (QED) is 0.770.